The van der Waals surface area contributed by atoms with Crippen molar-refractivity contribution in [3.63, 3.8) is 0 Å². The predicted octanol–water partition coefficient (Wildman–Crippen LogP) is 1.54. The van der Waals surface area contributed by atoms with E-state index in [1.165, 1.54) is 71.2 Å². The highest BCUT2D eigenvalue weighted by Crippen LogP contribution is 2.31. The van der Waals surface area contributed by atoms with Gasteiger partial charge in [-0.2, -0.15) is 0 Å². The molecule has 3 nitrogen and oxygen atoms in total. The highest BCUT2D eigenvalue weighted by molar-refractivity contribution is 4.91. The summed E-state index contributed by atoms with van der Waals surface area (Å²) in [5.74, 6) is 0.894. The van der Waals surface area contributed by atoms with Crippen LogP contribution in [0, 0.1) is 5.92 Å². The standard InChI is InChI=1S/C15H29N3/c1-16-11-13-4-2-8-18(12-13)15-6-9-17-7-3-5-14(17)10-15/h13-16H,2-12H2,1H3. The van der Waals surface area contributed by atoms with E-state index >= 15 is 0 Å². The van der Waals surface area contributed by atoms with Crippen LogP contribution in [0.5, 0.6) is 0 Å². The normalized spacial score (nSPS) is 38.8. The molecule has 0 spiro atoms. The molecule has 0 aromatic heterocycles. The predicted molar refractivity (Wildman–Crippen MR) is 75.8 cm³/mol. The van der Waals surface area contributed by atoms with Gasteiger partial charge in [0.2, 0.25) is 0 Å². The Bertz CT molecular complexity index is 266. The molecule has 3 fully saturated rings. The lowest BCUT2D eigenvalue weighted by Gasteiger charge is -2.44. The van der Waals surface area contributed by atoms with Gasteiger partial charge in [-0.1, -0.05) is 0 Å². The summed E-state index contributed by atoms with van der Waals surface area (Å²) < 4.78 is 0. The highest BCUT2D eigenvalue weighted by Gasteiger charge is 2.35. The number of hydrogen-bond donors (Lipinski definition) is 1. The fourth-order valence-electron chi connectivity index (χ4n) is 4.42. The fourth-order valence-corrected chi connectivity index (χ4v) is 4.42. The van der Waals surface area contributed by atoms with Gasteiger partial charge in [-0.05, 0) is 77.7 Å². The smallest absolute Gasteiger partial charge is 0.0122 e. The lowest BCUT2D eigenvalue weighted by Crippen LogP contribution is -2.51. The second-order valence-corrected chi connectivity index (χ2v) is 6.57. The molecule has 0 aliphatic carbocycles. The molecular weight excluding hydrogens is 222 g/mol. The Morgan fingerprint density at radius 2 is 1.72 bits per heavy atom. The van der Waals surface area contributed by atoms with Crippen LogP contribution in [0.3, 0.4) is 0 Å². The molecule has 3 aliphatic rings. The van der Waals surface area contributed by atoms with Crippen LogP contribution in [0.25, 0.3) is 0 Å². The van der Waals surface area contributed by atoms with Gasteiger partial charge in [-0.15, -0.1) is 0 Å². The van der Waals surface area contributed by atoms with Crippen molar-refractivity contribution in [2.24, 2.45) is 5.92 Å². The topological polar surface area (TPSA) is 18.5 Å². The van der Waals surface area contributed by atoms with Gasteiger partial charge in [0.05, 0.1) is 0 Å². The number of rotatable bonds is 3. The summed E-state index contributed by atoms with van der Waals surface area (Å²) in [6.45, 7) is 6.65. The van der Waals surface area contributed by atoms with Crippen molar-refractivity contribution in [2.75, 3.05) is 39.8 Å². The summed E-state index contributed by atoms with van der Waals surface area (Å²) in [6.07, 6.45) is 8.62. The first-order valence-corrected chi connectivity index (χ1v) is 7.99. The van der Waals surface area contributed by atoms with Crippen molar-refractivity contribution in [1.82, 2.24) is 15.1 Å². The van der Waals surface area contributed by atoms with Crippen molar-refractivity contribution in [3.05, 3.63) is 0 Å². The maximum absolute atomic E-state index is 3.36. The fraction of sp³-hybridized carbons (Fsp3) is 1.00. The third-order valence-electron chi connectivity index (χ3n) is 5.35. The van der Waals surface area contributed by atoms with Gasteiger partial charge < -0.3 is 10.2 Å². The third kappa shape index (κ3) is 2.73. The van der Waals surface area contributed by atoms with E-state index in [2.05, 4.69) is 22.2 Å². The van der Waals surface area contributed by atoms with E-state index in [1.807, 2.05) is 0 Å². The molecule has 3 rings (SSSR count). The molecule has 3 atom stereocenters. The molecule has 0 aromatic carbocycles. The number of fused-ring (bicyclic) bond motifs is 1. The lowest BCUT2D eigenvalue weighted by molar-refractivity contribution is 0.0572. The van der Waals surface area contributed by atoms with E-state index in [1.54, 1.807) is 0 Å². The number of likely N-dealkylation sites (tertiary alicyclic amines) is 1. The van der Waals surface area contributed by atoms with Gasteiger partial charge in [0.1, 0.15) is 0 Å². The Labute approximate surface area is 112 Å². The Hall–Kier alpha value is -0.120. The summed E-state index contributed by atoms with van der Waals surface area (Å²) >= 11 is 0. The zero-order valence-electron chi connectivity index (χ0n) is 11.9. The maximum atomic E-state index is 3.36. The van der Waals surface area contributed by atoms with Gasteiger partial charge in [0.15, 0.2) is 0 Å². The first kappa shape index (κ1) is 12.9. The number of piperidine rings is 2. The molecule has 3 unspecified atom stereocenters. The quantitative estimate of drug-likeness (QED) is 0.821. The van der Waals surface area contributed by atoms with E-state index in [-0.39, 0.29) is 0 Å². The second-order valence-electron chi connectivity index (χ2n) is 6.57. The Morgan fingerprint density at radius 3 is 2.61 bits per heavy atom. The van der Waals surface area contributed by atoms with Crippen molar-refractivity contribution in [2.45, 2.75) is 50.6 Å². The largest absolute Gasteiger partial charge is 0.319 e. The number of nitrogens with zero attached hydrogens (tertiary/aromatic N) is 2. The molecule has 0 saturated carbocycles. The van der Waals surface area contributed by atoms with E-state index in [0.717, 1.165) is 18.0 Å². The molecule has 0 amide bonds. The highest BCUT2D eigenvalue weighted by atomic mass is 15.2. The number of hydrogen-bond acceptors (Lipinski definition) is 3. The zero-order valence-corrected chi connectivity index (χ0v) is 11.9. The average Bonchev–Trinajstić information content (AvgIpc) is 2.86. The van der Waals surface area contributed by atoms with Crippen LogP contribution in [0.15, 0.2) is 0 Å². The first-order chi connectivity index (χ1) is 8.86. The molecule has 0 aromatic rings. The minimum atomic E-state index is 0.893. The van der Waals surface area contributed by atoms with Crippen LogP contribution >= 0.6 is 0 Å². The van der Waals surface area contributed by atoms with E-state index in [4.69, 9.17) is 0 Å². The average molecular weight is 251 g/mol. The minimum Gasteiger partial charge on any atom is -0.319 e. The molecule has 3 heteroatoms. The summed E-state index contributed by atoms with van der Waals surface area (Å²) in [4.78, 5) is 5.56. The zero-order chi connectivity index (χ0) is 12.4. The molecule has 104 valence electrons. The van der Waals surface area contributed by atoms with Crippen LogP contribution < -0.4 is 5.32 Å². The Balaban J connectivity index is 1.54. The van der Waals surface area contributed by atoms with Crippen LogP contribution in [-0.4, -0.2) is 61.7 Å². The molecule has 18 heavy (non-hydrogen) atoms. The van der Waals surface area contributed by atoms with Gasteiger partial charge in [0.25, 0.3) is 0 Å². The minimum absolute atomic E-state index is 0.893. The van der Waals surface area contributed by atoms with Crippen LogP contribution in [-0.2, 0) is 0 Å². The van der Waals surface area contributed by atoms with Crippen LogP contribution in [0.4, 0.5) is 0 Å². The van der Waals surface area contributed by atoms with Gasteiger partial charge in [-0.25, -0.2) is 0 Å². The summed E-state index contributed by atoms with van der Waals surface area (Å²) in [6, 6.07) is 1.82. The van der Waals surface area contributed by atoms with Crippen LogP contribution in [0.1, 0.15) is 38.5 Å². The summed E-state index contributed by atoms with van der Waals surface area (Å²) in [5, 5.41) is 3.36. The molecule has 3 saturated heterocycles. The lowest BCUT2D eigenvalue weighted by atomic mass is 9.91. The molecular formula is C15H29N3. The molecule has 0 bridgehead atoms. The summed E-state index contributed by atoms with van der Waals surface area (Å²) in [5.41, 5.74) is 0. The van der Waals surface area contributed by atoms with Crippen molar-refractivity contribution in [1.29, 1.82) is 0 Å². The monoisotopic (exact) mass is 251 g/mol. The molecule has 0 radical (unpaired) electrons. The first-order valence-electron chi connectivity index (χ1n) is 7.99. The summed E-state index contributed by atoms with van der Waals surface area (Å²) in [7, 11) is 2.09. The van der Waals surface area contributed by atoms with E-state index in [9.17, 15) is 0 Å². The second kappa shape index (κ2) is 5.89. The van der Waals surface area contributed by atoms with Gasteiger partial charge in [-0.3, -0.25) is 4.90 Å². The number of nitrogens with one attached hydrogen (secondary N) is 1. The van der Waals surface area contributed by atoms with Crippen LogP contribution in [0.2, 0.25) is 0 Å². The Morgan fingerprint density at radius 1 is 0.944 bits per heavy atom. The molecule has 1 N–H and O–H groups in total. The van der Waals surface area contributed by atoms with Crippen molar-refractivity contribution in [3.8, 4) is 0 Å². The molecule has 3 aliphatic heterocycles. The van der Waals surface area contributed by atoms with E-state index < -0.39 is 0 Å². The van der Waals surface area contributed by atoms with E-state index in [0.29, 0.717) is 0 Å². The van der Waals surface area contributed by atoms with Crippen molar-refractivity contribution < 1.29 is 0 Å². The SMILES string of the molecule is CNCC1CCCN(C2CCN3CCCC3C2)C1. The van der Waals surface area contributed by atoms with Gasteiger partial charge in [0, 0.05) is 18.6 Å². The third-order valence-corrected chi connectivity index (χ3v) is 5.35. The van der Waals surface area contributed by atoms with Crippen molar-refractivity contribution >= 4 is 0 Å². The van der Waals surface area contributed by atoms with Gasteiger partial charge >= 0.3 is 0 Å². The Kier molecular flexibility index (Phi) is 4.22. The molecule has 3 heterocycles. The maximum Gasteiger partial charge on any atom is 0.0122 e.